The Labute approximate surface area is 107 Å². The van der Waals surface area contributed by atoms with Crippen molar-refractivity contribution >= 4 is 27.7 Å². The molecule has 92 valence electrons. The second-order valence-electron chi connectivity index (χ2n) is 3.90. The van der Waals surface area contributed by atoms with Gasteiger partial charge in [0.25, 0.3) is 0 Å². The summed E-state index contributed by atoms with van der Waals surface area (Å²) in [6.07, 6.45) is 0. The van der Waals surface area contributed by atoms with E-state index in [0.29, 0.717) is 4.47 Å². The molecule has 0 heterocycles. The van der Waals surface area contributed by atoms with E-state index in [0.717, 1.165) is 0 Å². The summed E-state index contributed by atoms with van der Waals surface area (Å²) in [6, 6.07) is 4.02. The van der Waals surface area contributed by atoms with Crippen molar-refractivity contribution in [2.75, 3.05) is 0 Å². The summed E-state index contributed by atoms with van der Waals surface area (Å²) < 4.78 is 14.0. The Bertz CT molecular complexity index is 459. The molecule has 0 fully saturated rings. The van der Waals surface area contributed by atoms with Crippen LogP contribution in [0.2, 0.25) is 0 Å². The van der Waals surface area contributed by atoms with Crippen molar-refractivity contribution in [3.05, 3.63) is 34.1 Å². The van der Waals surface area contributed by atoms with Crippen LogP contribution in [0.4, 0.5) is 4.39 Å². The van der Waals surface area contributed by atoms with Crippen LogP contribution in [-0.2, 0) is 4.79 Å². The van der Waals surface area contributed by atoms with Gasteiger partial charge in [0.05, 0.1) is 11.5 Å². The topological polar surface area (TPSA) is 54.4 Å². The highest BCUT2D eigenvalue weighted by Gasteiger charge is 2.28. The standard InChI is InChI=1S/C12H12BrFO3/c1-6(7(2)12(16)17)11(15)9-5-8(13)3-4-10(9)14/h3-7H,1-2H3,(H,16,17). The van der Waals surface area contributed by atoms with Crippen LogP contribution in [0.25, 0.3) is 0 Å². The molecule has 0 saturated heterocycles. The van der Waals surface area contributed by atoms with Crippen molar-refractivity contribution in [3.8, 4) is 0 Å². The van der Waals surface area contributed by atoms with Crippen molar-refractivity contribution in [1.29, 1.82) is 0 Å². The van der Waals surface area contributed by atoms with E-state index in [4.69, 9.17) is 5.11 Å². The number of benzene rings is 1. The summed E-state index contributed by atoms with van der Waals surface area (Å²) in [6.45, 7) is 2.92. The molecule has 1 N–H and O–H groups in total. The predicted octanol–water partition coefficient (Wildman–Crippen LogP) is 3.13. The molecular weight excluding hydrogens is 291 g/mol. The molecule has 0 spiro atoms. The van der Waals surface area contributed by atoms with Gasteiger partial charge >= 0.3 is 5.97 Å². The second kappa shape index (κ2) is 5.40. The molecule has 0 aliphatic carbocycles. The van der Waals surface area contributed by atoms with Crippen molar-refractivity contribution in [1.82, 2.24) is 0 Å². The first-order valence-electron chi connectivity index (χ1n) is 5.06. The molecule has 3 nitrogen and oxygen atoms in total. The van der Waals surface area contributed by atoms with Gasteiger partial charge in [0.1, 0.15) is 5.82 Å². The second-order valence-corrected chi connectivity index (χ2v) is 4.82. The van der Waals surface area contributed by atoms with Gasteiger partial charge in [-0.3, -0.25) is 9.59 Å². The summed E-state index contributed by atoms with van der Waals surface area (Å²) in [5.41, 5.74) is -0.0834. The molecule has 0 radical (unpaired) electrons. The Morgan fingerprint density at radius 1 is 1.29 bits per heavy atom. The first-order valence-corrected chi connectivity index (χ1v) is 5.86. The molecule has 0 aromatic heterocycles. The highest BCUT2D eigenvalue weighted by atomic mass is 79.9. The summed E-state index contributed by atoms with van der Waals surface area (Å²) >= 11 is 3.14. The molecular formula is C12H12BrFO3. The molecule has 1 aromatic carbocycles. The first-order chi connectivity index (χ1) is 7.84. The zero-order chi connectivity index (χ0) is 13.2. The van der Waals surface area contributed by atoms with Crippen LogP contribution in [0, 0.1) is 17.7 Å². The van der Waals surface area contributed by atoms with Crippen LogP contribution in [0.1, 0.15) is 24.2 Å². The lowest BCUT2D eigenvalue weighted by atomic mass is 9.88. The van der Waals surface area contributed by atoms with Crippen molar-refractivity contribution in [3.63, 3.8) is 0 Å². The van der Waals surface area contributed by atoms with Crippen molar-refractivity contribution < 1.29 is 19.1 Å². The summed E-state index contributed by atoms with van der Waals surface area (Å²) in [5, 5.41) is 8.82. The molecule has 0 aliphatic heterocycles. The number of rotatable bonds is 4. The maximum Gasteiger partial charge on any atom is 0.306 e. The van der Waals surface area contributed by atoms with Crippen LogP contribution in [-0.4, -0.2) is 16.9 Å². The van der Waals surface area contributed by atoms with Gasteiger partial charge < -0.3 is 5.11 Å². The summed E-state index contributed by atoms with van der Waals surface area (Å²) in [5.74, 6) is -3.82. The lowest BCUT2D eigenvalue weighted by molar-refractivity contribution is -0.142. The van der Waals surface area contributed by atoms with E-state index in [1.165, 1.54) is 32.0 Å². The third-order valence-electron chi connectivity index (χ3n) is 2.75. The SMILES string of the molecule is CC(C(=O)O)C(C)C(=O)c1cc(Br)ccc1F. The Kier molecular flexibility index (Phi) is 4.40. The van der Waals surface area contributed by atoms with E-state index in [2.05, 4.69) is 15.9 Å². The third kappa shape index (κ3) is 3.12. The molecule has 2 atom stereocenters. The molecule has 0 amide bonds. The zero-order valence-electron chi connectivity index (χ0n) is 9.41. The number of hydrogen-bond donors (Lipinski definition) is 1. The van der Waals surface area contributed by atoms with Crippen LogP contribution in [0.3, 0.4) is 0 Å². The molecule has 1 aromatic rings. The quantitative estimate of drug-likeness (QED) is 0.869. The molecule has 1 rings (SSSR count). The molecule has 2 unspecified atom stereocenters. The minimum atomic E-state index is -1.07. The van der Waals surface area contributed by atoms with Gasteiger partial charge in [-0.05, 0) is 18.2 Å². The average molecular weight is 303 g/mol. The molecule has 0 saturated carbocycles. The largest absolute Gasteiger partial charge is 0.481 e. The molecule has 0 aliphatic rings. The number of hydrogen-bond acceptors (Lipinski definition) is 2. The van der Waals surface area contributed by atoms with Gasteiger partial charge in [-0.2, -0.15) is 0 Å². The van der Waals surface area contributed by atoms with Gasteiger partial charge in [0, 0.05) is 10.4 Å². The minimum absolute atomic E-state index is 0.0834. The van der Waals surface area contributed by atoms with E-state index < -0.39 is 29.4 Å². The van der Waals surface area contributed by atoms with E-state index in [1.54, 1.807) is 0 Å². The Morgan fingerprint density at radius 2 is 1.88 bits per heavy atom. The number of carbonyl (C=O) groups is 2. The summed E-state index contributed by atoms with van der Waals surface area (Å²) in [7, 11) is 0. The van der Waals surface area contributed by atoms with Crippen LogP contribution in [0.5, 0.6) is 0 Å². The van der Waals surface area contributed by atoms with Crippen molar-refractivity contribution in [2.24, 2.45) is 11.8 Å². The molecule has 0 bridgehead atoms. The van der Waals surface area contributed by atoms with E-state index in [-0.39, 0.29) is 5.56 Å². The number of carboxylic acids is 1. The zero-order valence-corrected chi connectivity index (χ0v) is 11.0. The predicted molar refractivity (Wildman–Crippen MR) is 64.4 cm³/mol. The van der Waals surface area contributed by atoms with Gasteiger partial charge in [0.2, 0.25) is 0 Å². The van der Waals surface area contributed by atoms with Gasteiger partial charge in [0.15, 0.2) is 5.78 Å². The number of halogens is 2. The fourth-order valence-electron chi connectivity index (χ4n) is 1.37. The normalized spacial score (nSPS) is 14.1. The van der Waals surface area contributed by atoms with Gasteiger partial charge in [-0.25, -0.2) is 4.39 Å². The smallest absolute Gasteiger partial charge is 0.306 e. The molecule has 17 heavy (non-hydrogen) atoms. The number of aliphatic carboxylic acids is 1. The van der Waals surface area contributed by atoms with Gasteiger partial charge in [-0.15, -0.1) is 0 Å². The Morgan fingerprint density at radius 3 is 2.41 bits per heavy atom. The van der Waals surface area contributed by atoms with Crippen LogP contribution in [0.15, 0.2) is 22.7 Å². The van der Waals surface area contributed by atoms with E-state index in [9.17, 15) is 14.0 Å². The third-order valence-corrected chi connectivity index (χ3v) is 3.24. The Balaban J connectivity index is 3.04. The minimum Gasteiger partial charge on any atom is -0.481 e. The van der Waals surface area contributed by atoms with Crippen molar-refractivity contribution in [2.45, 2.75) is 13.8 Å². The van der Waals surface area contributed by atoms with E-state index in [1.807, 2.05) is 0 Å². The van der Waals surface area contributed by atoms with Crippen LogP contribution < -0.4 is 0 Å². The lowest BCUT2D eigenvalue weighted by Gasteiger charge is -2.15. The lowest BCUT2D eigenvalue weighted by Crippen LogP contribution is -2.26. The average Bonchev–Trinajstić information content (AvgIpc) is 2.29. The number of carboxylic acid groups (broad SMARTS) is 1. The highest BCUT2D eigenvalue weighted by Crippen LogP contribution is 2.22. The van der Waals surface area contributed by atoms with Crippen LogP contribution >= 0.6 is 15.9 Å². The fraction of sp³-hybridized carbons (Fsp3) is 0.333. The number of ketones is 1. The Hall–Kier alpha value is -1.23. The summed E-state index contributed by atoms with van der Waals surface area (Å²) in [4.78, 5) is 22.7. The maximum absolute atomic E-state index is 13.5. The highest BCUT2D eigenvalue weighted by molar-refractivity contribution is 9.10. The first kappa shape index (κ1) is 13.8. The molecule has 5 heteroatoms. The maximum atomic E-state index is 13.5. The van der Waals surface area contributed by atoms with E-state index >= 15 is 0 Å². The monoisotopic (exact) mass is 302 g/mol. The number of Topliss-reactive ketones (excluding diaryl/α,β-unsaturated/α-hetero) is 1. The van der Waals surface area contributed by atoms with Gasteiger partial charge in [-0.1, -0.05) is 29.8 Å². The number of carbonyl (C=O) groups excluding carboxylic acids is 1. The fourth-order valence-corrected chi connectivity index (χ4v) is 1.73.